The maximum absolute atomic E-state index is 10.4. The van der Waals surface area contributed by atoms with E-state index in [0.717, 1.165) is 19.6 Å². The molecule has 0 radical (unpaired) electrons. The Morgan fingerprint density at radius 3 is 2.33 bits per heavy atom. The van der Waals surface area contributed by atoms with Crippen LogP contribution in [0.4, 0.5) is 0 Å². The van der Waals surface area contributed by atoms with Crippen LogP contribution in [0.25, 0.3) is 0 Å². The highest BCUT2D eigenvalue weighted by atomic mass is 16.3. The fourth-order valence-electron chi connectivity index (χ4n) is 2.56. The lowest BCUT2D eigenvalue weighted by molar-refractivity contribution is 0.00656. The van der Waals surface area contributed by atoms with Crippen LogP contribution in [-0.2, 0) is 0 Å². The van der Waals surface area contributed by atoms with Crippen LogP contribution in [0.2, 0.25) is 0 Å². The Morgan fingerprint density at radius 1 is 1.33 bits per heavy atom. The van der Waals surface area contributed by atoms with Gasteiger partial charge in [0.2, 0.25) is 0 Å². The summed E-state index contributed by atoms with van der Waals surface area (Å²) in [5, 5.41) is 13.7. The second kappa shape index (κ2) is 6.85. The number of nitrogens with zero attached hydrogens (tertiary/aromatic N) is 2. The molecule has 1 aliphatic rings. The van der Waals surface area contributed by atoms with Crippen LogP contribution in [0.1, 0.15) is 33.6 Å². The smallest absolute Gasteiger partial charge is 0.0869 e. The Morgan fingerprint density at radius 2 is 1.89 bits per heavy atom. The number of likely N-dealkylation sites (tertiary alicyclic amines) is 1. The van der Waals surface area contributed by atoms with Gasteiger partial charge in [0, 0.05) is 25.2 Å². The normalized spacial score (nSPS) is 22.7. The second-order valence-corrected chi connectivity index (χ2v) is 6.50. The van der Waals surface area contributed by atoms with Gasteiger partial charge >= 0.3 is 0 Å². The molecular formula is C14H31N3O. The minimum absolute atomic E-state index is 0.427. The first kappa shape index (κ1) is 15.9. The van der Waals surface area contributed by atoms with Crippen molar-refractivity contribution in [3.8, 4) is 0 Å². The largest absolute Gasteiger partial charge is 0.388 e. The van der Waals surface area contributed by atoms with E-state index in [-0.39, 0.29) is 0 Å². The molecule has 0 amide bonds. The molecule has 0 aromatic heterocycles. The number of aliphatic hydroxyl groups is 1. The van der Waals surface area contributed by atoms with Gasteiger partial charge in [0.1, 0.15) is 0 Å². The summed E-state index contributed by atoms with van der Waals surface area (Å²) >= 11 is 0. The predicted octanol–water partition coefficient (Wildman–Crippen LogP) is 0.761. The van der Waals surface area contributed by atoms with E-state index in [4.69, 9.17) is 0 Å². The van der Waals surface area contributed by atoms with Crippen LogP contribution < -0.4 is 5.32 Å². The average Bonchev–Trinajstić information content (AvgIpc) is 2.27. The third kappa shape index (κ3) is 5.65. The molecule has 0 bridgehead atoms. The maximum atomic E-state index is 10.4. The molecule has 1 heterocycles. The Kier molecular flexibility index (Phi) is 6.05. The van der Waals surface area contributed by atoms with Crippen molar-refractivity contribution in [1.82, 2.24) is 15.1 Å². The molecule has 2 N–H and O–H groups in total. The van der Waals surface area contributed by atoms with Crippen molar-refractivity contribution in [2.75, 3.05) is 40.3 Å². The fraction of sp³-hybridized carbons (Fsp3) is 1.00. The highest BCUT2D eigenvalue weighted by Crippen LogP contribution is 2.16. The molecule has 18 heavy (non-hydrogen) atoms. The van der Waals surface area contributed by atoms with E-state index < -0.39 is 5.60 Å². The van der Waals surface area contributed by atoms with Crippen molar-refractivity contribution in [3.05, 3.63) is 0 Å². The zero-order valence-corrected chi connectivity index (χ0v) is 12.7. The quantitative estimate of drug-likeness (QED) is 0.737. The van der Waals surface area contributed by atoms with Gasteiger partial charge in [0.05, 0.1) is 5.60 Å². The molecule has 4 heteroatoms. The van der Waals surface area contributed by atoms with E-state index in [0.29, 0.717) is 18.6 Å². The van der Waals surface area contributed by atoms with Crippen LogP contribution in [0.3, 0.4) is 0 Å². The third-order valence-corrected chi connectivity index (χ3v) is 3.74. The zero-order chi connectivity index (χ0) is 13.8. The number of piperidine rings is 1. The highest BCUT2D eigenvalue weighted by molar-refractivity contribution is 4.84. The molecule has 0 spiro atoms. The molecule has 1 rings (SSSR count). The SMILES string of the molecule is CC(C)NCC(C)(O)CN1CCC(N(C)C)CC1. The van der Waals surface area contributed by atoms with Gasteiger partial charge in [0.15, 0.2) is 0 Å². The molecule has 1 unspecified atom stereocenters. The van der Waals surface area contributed by atoms with Crippen LogP contribution in [-0.4, -0.2) is 72.9 Å². The van der Waals surface area contributed by atoms with Gasteiger partial charge in [-0.25, -0.2) is 0 Å². The van der Waals surface area contributed by atoms with E-state index in [1.807, 2.05) is 6.92 Å². The summed E-state index contributed by atoms with van der Waals surface area (Å²) in [6.45, 7) is 9.78. The van der Waals surface area contributed by atoms with Gasteiger partial charge in [0.25, 0.3) is 0 Å². The van der Waals surface area contributed by atoms with Crippen molar-refractivity contribution >= 4 is 0 Å². The predicted molar refractivity (Wildman–Crippen MR) is 76.9 cm³/mol. The molecule has 0 aliphatic carbocycles. The minimum Gasteiger partial charge on any atom is -0.388 e. The Labute approximate surface area is 112 Å². The van der Waals surface area contributed by atoms with Crippen molar-refractivity contribution in [2.24, 2.45) is 0 Å². The molecule has 0 aromatic carbocycles. The topological polar surface area (TPSA) is 38.7 Å². The Hall–Kier alpha value is -0.160. The number of hydrogen-bond acceptors (Lipinski definition) is 4. The minimum atomic E-state index is -0.630. The molecular weight excluding hydrogens is 226 g/mol. The molecule has 4 nitrogen and oxygen atoms in total. The first-order valence-corrected chi connectivity index (χ1v) is 7.15. The maximum Gasteiger partial charge on any atom is 0.0869 e. The molecule has 1 saturated heterocycles. The van der Waals surface area contributed by atoms with E-state index in [2.05, 4.69) is 43.1 Å². The van der Waals surface area contributed by atoms with Gasteiger partial charge in [-0.15, -0.1) is 0 Å². The van der Waals surface area contributed by atoms with Gasteiger partial charge in [-0.2, -0.15) is 0 Å². The standard InChI is InChI=1S/C14H31N3O/c1-12(2)15-10-14(3,18)11-17-8-6-13(7-9-17)16(4)5/h12-13,15,18H,6-11H2,1-5H3. The van der Waals surface area contributed by atoms with Gasteiger partial charge < -0.3 is 20.2 Å². The van der Waals surface area contributed by atoms with Crippen LogP contribution in [0.5, 0.6) is 0 Å². The monoisotopic (exact) mass is 257 g/mol. The summed E-state index contributed by atoms with van der Waals surface area (Å²) in [7, 11) is 4.31. The molecule has 0 aromatic rings. The number of β-amino-alcohol motifs (C(OH)–C–C–N with tert-alkyl or cyclic N) is 1. The van der Waals surface area contributed by atoms with Crippen molar-refractivity contribution in [3.63, 3.8) is 0 Å². The van der Waals surface area contributed by atoms with Crippen LogP contribution >= 0.6 is 0 Å². The number of rotatable bonds is 6. The van der Waals surface area contributed by atoms with Gasteiger partial charge in [-0.05, 0) is 47.0 Å². The van der Waals surface area contributed by atoms with E-state index in [1.165, 1.54) is 12.8 Å². The Bertz CT molecular complexity index is 233. The second-order valence-electron chi connectivity index (χ2n) is 6.50. The lowest BCUT2D eigenvalue weighted by Crippen LogP contribution is -2.52. The fourth-order valence-corrected chi connectivity index (χ4v) is 2.56. The molecule has 1 aliphatic heterocycles. The molecule has 108 valence electrons. The van der Waals surface area contributed by atoms with Gasteiger partial charge in [-0.3, -0.25) is 0 Å². The van der Waals surface area contributed by atoms with Crippen LogP contribution in [0.15, 0.2) is 0 Å². The summed E-state index contributed by atoms with van der Waals surface area (Å²) in [5.41, 5.74) is -0.630. The summed E-state index contributed by atoms with van der Waals surface area (Å²) in [6, 6.07) is 1.14. The lowest BCUT2D eigenvalue weighted by atomic mass is 10.0. The number of nitrogens with one attached hydrogen (secondary N) is 1. The average molecular weight is 257 g/mol. The van der Waals surface area contributed by atoms with E-state index in [1.54, 1.807) is 0 Å². The third-order valence-electron chi connectivity index (χ3n) is 3.74. The molecule has 0 saturated carbocycles. The lowest BCUT2D eigenvalue weighted by Gasteiger charge is -2.38. The highest BCUT2D eigenvalue weighted by Gasteiger charge is 2.27. The van der Waals surface area contributed by atoms with Crippen molar-refractivity contribution in [1.29, 1.82) is 0 Å². The Balaban J connectivity index is 2.31. The first-order valence-electron chi connectivity index (χ1n) is 7.15. The van der Waals surface area contributed by atoms with E-state index >= 15 is 0 Å². The van der Waals surface area contributed by atoms with Gasteiger partial charge in [-0.1, -0.05) is 13.8 Å². The summed E-state index contributed by atoms with van der Waals surface area (Å²) < 4.78 is 0. The van der Waals surface area contributed by atoms with Crippen LogP contribution in [0, 0.1) is 0 Å². The first-order chi connectivity index (χ1) is 8.30. The van der Waals surface area contributed by atoms with E-state index in [9.17, 15) is 5.11 Å². The van der Waals surface area contributed by atoms with Crippen molar-refractivity contribution < 1.29 is 5.11 Å². The van der Waals surface area contributed by atoms with Crippen molar-refractivity contribution in [2.45, 2.75) is 51.3 Å². The molecule has 1 fully saturated rings. The summed E-state index contributed by atoms with van der Waals surface area (Å²) in [4.78, 5) is 4.71. The molecule has 1 atom stereocenters. The number of hydrogen-bond donors (Lipinski definition) is 2. The zero-order valence-electron chi connectivity index (χ0n) is 12.7. The summed E-state index contributed by atoms with van der Waals surface area (Å²) in [6.07, 6.45) is 2.42. The summed E-state index contributed by atoms with van der Waals surface area (Å²) in [5.74, 6) is 0.